The quantitative estimate of drug-likeness (QED) is 0.775. The van der Waals surface area contributed by atoms with Gasteiger partial charge >= 0.3 is 0 Å². The Hall–Kier alpha value is -2.24. The minimum atomic E-state index is 0.605. The summed E-state index contributed by atoms with van der Waals surface area (Å²) in [4.78, 5) is 0. The summed E-state index contributed by atoms with van der Waals surface area (Å²) in [5.41, 5.74) is 7.46. The van der Waals surface area contributed by atoms with E-state index in [1.807, 2.05) is 29.8 Å². The van der Waals surface area contributed by atoms with E-state index in [9.17, 15) is 0 Å². The molecule has 0 amide bonds. The van der Waals surface area contributed by atoms with E-state index in [1.165, 1.54) is 0 Å². The lowest BCUT2D eigenvalue weighted by Crippen LogP contribution is -2.06. The van der Waals surface area contributed by atoms with Gasteiger partial charge in [0.15, 0.2) is 5.82 Å². The summed E-state index contributed by atoms with van der Waals surface area (Å²) in [6, 6.07) is 5.66. The highest BCUT2D eigenvalue weighted by molar-refractivity contribution is 5.61. The topological polar surface area (TPSA) is 78.0 Å². The van der Waals surface area contributed by atoms with E-state index < -0.39 is 0 Å². The summed E-state index contributed by atoms with van der Waals surface area (Å²) >= 11 is 0. The normalized spacial score (nSPS) is 10.4. The lowest BCUT2D eigenvalue weighted by Gasteiger charge is -2.11. The zero-order valence-electron chi connectivity index (χ0n) is 11.3. The molecule has 19 heavy (non-hydrogen) atoms. The van der Waals surface area contributed by atoms with Crippen LogP contribution in [0.3, 0.4) is 0 Å². The molecule has 2 aromatic rings. The fourth-order valence-corrected chi connectivity index (χ4v) is 1.63. The Morgan fingerprint density at radius 1 is 1.42 bits per heavy atom. The summed E-state index contributed by atoms with van der Waals surface area (Å²) in [5.74, 6) is 1.58. The molecule has 0 fully saturated rings. The van der Waals surface area contributed by atoms with E-state index in [2.05, 4.69) is 22.4 Å². The maximum atomic E-state index is 5.87. The fraction of sp³-hybridized carbons (Fsp3) is 0.385. The average Bonchev–Trinajstić information content (AvgIpc) is 2.82. The van der Waals surface area contributed by atoms with Gasteiger partial charge in [0.25, 0.3) is 0 Å². The van der Waals surface area contributed by atoms with Crippen molar-refractivity contribution >= 4 is 11.4 Å². The van der Waals surface area contributed by atoms with Crippen molar-refractivity contribution in [3.63, 3.8) is 0 Å². The van der Waals surface area contributed by atoms with Crippen molar-refractivity contribution in [2.24, 2.45) is 7.05 Å². The molecule has 0 aliphatic rings. The van der Waals surface area contributed by atoms with E-state index in [1.54, 1.807) is 6.33 Å². The first kappa shape index (κ1) is 13.2. The van der Waals surface area contributed by atoms with Crippen molar-refractivity contribution in [2.75, 3.05) is 17.7 Å². The second-order valence-electron chi connectivity index (χ2n) is 4.31. The van der Waals surface area contributed by atoms with E-state index in [-0.39, 0.29) is 0 Å². The highest BCUT2D eigenvalue weighted by Crippen LogP contribution is 2.25. The second kappa shape index (κ2) is 6.08. The first-order valence-corrected chi connectivity index (χ1v) is 6.29. The Labute approximate surface area is 112 Å². The number of rotatable bonds is 6. The summed E-state index contributed by atoms with van der Waals surface area (Å²) in [7, 11) is 1.91. The van der Waals surface area contributed by atoms with Gasteiger partial charge in [0, 0.05) is 18.8 Å². The van der Waals surface area contributed by atoms with Crippen LogP contribution in [0.25, 0.3) is 0 Å². The molecule has 0 radical (unpaired) electrons. The number of benzene rings is 1. The SMILES string of the molecule is CCCOc1cc(NCc2nncn2C)ccc1N. The first-order chi connectivity index (χ1) is 9.20. The van der Waals surface area contributed by atoms with E-state index in [4.69, 9.17) is 10.5 Å². The molecule has 102 valence electrons. The Morgan fingerprint density at radius 2 is 2.26 bits per heavy atom. The zero-order chi connectivity index (χ0) is 13.7. The van der Waals surface area contributed by atoms with Gasteiger partial charge in [0.05, 0.1) is 18.8 Å². The lowest BCUT2D eigenvalue weighted by atomic mass is 10.2. The first-order valence-electron chi connectivity index (χ1n) is 6.29. The van der Waals surface area contributed by atoms with Crippen molar-refractivity contribution in [2.45, 2.75) is 19.9 Å². The molecule has 6 heteroatoms. The number of nitrogens with one attached hydrogen (secondary N) is 1. The summed E-state index contributed by atoms with van der Waals surface area (Å²) in [6.45, 7) is 3.33. The van der Waals surface area contributed by atoms with Crippen LogP contribution < -0.4 is 15.8 Å². The van der Waals surface area contributed by atoms with Gasteiger partial charge in [-0.15, -0.1) is 10.2 Å². The molecule has 0 spiro atoms. The molecule has 0 saturated heterocycles. The van der Waals surface area contributed by atoms with E-state index in [0.717, 1.165) is 17.9 Å². The predicted octanol–water partition coefficient (Wildman–Crippen LogP) is 1.80. The van der Waals surface area contributed by atoms with Gasteiger partial charge in [0.2, 0.25) is 0 Å². The van der Waals surface area contributed by atoms with Crippen LogP contribution in [0.4, 0.5) is 11.4 Å². The van der Waals surface area contributed by atoms with Crippen molar-refractivity contribution in [3.05, 3.63) is 30.4 Å². The third kappa shape index (κ3) is 3.37. The van der Waals surface area contributed by atoms with Crippen molar-refractivity contribution in [1.82, 2.24) is 14.8 Å². The summed E-state index contributed by atoms with van der Waals surface area (Å²) in [5, 5.41) is 11.1. The molecule has 1 aromatic carbocycles. The van der Waals surface area contributed by atoms with Crippen molar-refractivity contribution in [1.29, 1.82) is 0 Å². The largest absolute Gasteiger partial charge is 0.491 e. The standard InChI is InChI=1S/C13H19N5O/c1-3-6-19-12-7-10(4-5-11(12)14)15-8-13-17-16-9-18(13)2/h4-5,7,9,15H,3,6,8,14H2,1-2H3. The van der Waals surface area contributed by atoms with Crippen LogP contribution in [0.2, 0.25) is 0 Å². The Morgan fingerprint density at radius 3 is 2.95 bits per heavy atom. The molecule has 0 aliphatic carbocycles. The van der Waals surface area contributed by atoms with Crippen LogP contribution in [-0.2, 0) is 13.6 Å². The third-order valence-corrected chi connectivity index (χ3v) is 2.73. The Balaban J connectivity index is 2.02. The number of aryl methyl sites for hydroxylation is 1. The van der Waals surface area contributed by atoms with Crippen LogP contribution in [0.5, 0.6) is 5.75 Å². The molecule has 0 aliphatic heterocycles. The molecule has 0 bridgehead atoms. The number of nitrogens with two attached hydrogens (primary N) is 1. The van der Waals surface area contributed by atoms with Gasteiger partial charge in [-0.2, -0.15) is 0 Å². The molecule has 1 heterocycles. The molecular weight excluding hydrogens is 242 g/mol. The maximum absolute atomic E-state index is 5.87. The highest BCUT2D eigenvalue weighted by Gasteiger charge is 2.04. The molecule has 1 aromatic heterocycles. The van der Waals surface area contributed by atoms with Gasteiger partial charge in [-0.3, -0.25) is 0 Å². The van der Waals surface area contributed by atoms with Crippen molar-refractivity contribution in [3.8, 4) is 5.75 Å². The molecular formula is C13H19N5O. The van der Waals surface area contributed by atoms with E-state index >= 15 is 0 Å². The highest BCUT2D eigenvalue weighted by atomic mass is 16.5. The molecule has 0 unspecified atom stereocenters. The second-order valence-corrected chi connectivity index (χ2v) is 4.31. The van der Waals surface area contributed by atoms with Gasteiger partial charge in [-0.25, -0.2) is 0 Å². The van der Waals surface area contributed by atoms with Gasteiger partial charge in [-0.05, 0) is 18.6 Å². The molecule has 2 rings (SSSR count). The Bertz CT molecular complexity index is 538. The number of ether oxygens (including phenoxy) is 1. The summed E-state index contributed by atoms with van der Waals surface area (Å²) in [6.07, 6.45) is 2.63. The van der Waals surface area contributed by atoms with Gasteiger partial charge < -0.3 is 20.4 Å². The smallest absolute Gasteiger partial charge is 0.151 e. The molecule has 0 saturated carbocycles. The Kier molecular flexibility index (Phi) is 4.22. The van der Waals surface area contributed by atoms with Crippen LogP contribution >= 0.6 is 0 Å². The fourth-order valence-electron chi connectivity index (χ4n) is 1.63. The average molecular weight is 261 g/mol. The zero-order valence-corrected chi connectivity index (χ0v) is 11.3. The number of nitrogens with zero attached hydrogens (tertiary/aromatic N) is 3. The number of nitrogen functional groups attached to an aromatic ring is 1. The van der Waals surface area contributed by atoms with Crippen LogP contribution in [0, 0.1) is 0 Å². The maximum Gasteiger partial charge on any atom is 0.151 e. The minimum absolute atomic E-state index is 0.605. The van der Waals surface area contributed by atoms with Gasteiger partial charge in [0.1, 0.15) is 12.1 Å². The molecule has 3 N–H and O–H groups in total. The number of aromatic nitrogens is 3. The van der Waals surface area contributed by atoms with Crippen LogP contribution in [-0.4, -0.2) is 21.4 Å². The number of hydrogen-bond acceptors (Lipinski definition) is 5. The molecule has 6 nitrogen and oxygen atoms in total. The number of anilines is 2. The lowest BCUT2D eigenvalue weighted by molar-refractivity contribution is 0.319. The van der Waals surface area contributed by atoms with Crippen molar-refractivity contribution < 1.29 is 4.74 Å². The number of hydrogen-bond donors (Lipinski definition) is 2. The van der Waals surface area contributed by atoms with Gasteiger partial charge in [-0.1, -0.05) is 6.92 Å². The predicted molar refractivity (Wildman–Crippen MR) is 75.0 cm³/mol. The monoisotopic (exact) mass is 261 g/mol. The third-order valence-electron chi connectivity index (χ3n) is 2.73. The van der Waals surface area contributed by atoms with E-state index in [0.29, 0.717) is 24.6 Å². The minimum Gasteiger partial charge on any atom is -0.491 e. The van der Waals surface area contributed by atoms with Crippen LogP contribution in [0.15, 0.2) is 24.5 Å². The molecule has 0 atom stereocenters. The van der Waals surface area contributed by atoms with Crippen LogP contribution in [0.1, 0.15) is 19.2 Å². The summed E-state index contributed by atoms with van der Waals surface area (Å²) < 4.78 is 7.46.